The topological polar surface area (TPSA) is 57.6 Å². The molecule has 0 radical (unpaired) electrons. The van der Waals surface area contributed by atoms with Crippen molar-refractivity contribution in [2.24, 2.45) is 23.2 Å². The van der Waals surface area contributed by atoms with Crippen LogP contribution in [0.1, 0.15) is 39.5 Å². The first-order valence-electron chi connectivity index (χ1n) is 7.62. The fraction of sp³-hybridized carbons (Fsp3) is 0.750. The second-order valence-electron chi connectivity index (χ2n) is 7.25. The van der Waals surface area contributed by atoms with Gasteiger partial charge in [-0.05, 0) is 42.9 Å². The molecule has 1 saturated carbocycles. The van der Waals surface area contributed by atoms with E-state index >= 15 is 0 Å². The number of carboxylic acids is 1. The number of fused-ring (bicyclic) bond motifs is 2. The van der Waals surface area contributed by atoms with Crippen LogP contribution in [0.25, 0.3) is 0 Å². The minimum absolute atomic E-state index is 0.0146. The Morgan fingerprint density at radius 1 is 1.25 bits per heavy atom. The summed E-state index contributed by atoms with van der Waals surface area (Å²) in [5, 5.41) is 9.56. The zero-order valence-corrected chi connectivity index (χ0v) is 12.2. The number of carbonyl (C=O) groups excluding carboxylic acids is 1. The number of likely N-dealkylation sites (tertiary alicyclic amines) is 1. The maximum Gasteiger partial charge on any atom is 0.326 e. The van der Waals surface area contributed by atoms with Crippen LogP contribution in [0.5, 0.6) is 0 Å². The molecule has 1 heterocycles. The van der Waals surface area contributed by atoms with E-state index in [1.54, 1.807) is 4.90 Å². The molecule has 3 aliphatic rings. The highest BCUT2D eigenvalue weighted by Gasteiger charge is 2.48. The second-order valence-corrected chi connectivity index (χ2v) is 7.25. The summed E-state index contributed by atoms with van der Waals surface area (Å²) in [4.78, 5) is 26.1. The van der Waals surface area contributed by atoms with E-state index in [0.717, 1.165) is 25.7 Å². The number of hydrogen-bond donors (Lipinski definition) is 1. The minimum Gasteiger partial charge on any atom is -0.480 e. The molecular formula is C16H23NO3. The molecule has 2 bridgehead atoms. The summed E-state index contributed by atoms with van der Waals surface area (Å²) in [6.45, 7) is 4.52. The normalized spacial score (nSPS) is 38.2. The van der Waals surface area contributed by atoms with Crippen LogP contribution in [0.2, 0.25) is 0 Å². The first-order chi connectivity index (χ1) is 9.40. The number of carbonyl (C=O) groups is 2. The summed E-state index contributed by atoms with van der Waals surface area (Å²) < 4.78 is 0. The molecule has 4 unspecified atom stereocenters. The van der Waals surface area contributed by atoms with Crippen LogP contribution in [0.15, 0.2) is 12.2 Å². The number of allylic oxidation sites excluding steroid dienone is 2. The number of hydrogen-bond acceptors (Lipinski definition) is 2. The maximum atomic E-state index is 12.8. The first kappa shape index (κ1) is 13.7. The van der Waals surface area contributed by atoms with Crippen molar-refractivity contribution in [3.05, 3.63) is 12.2 Å². The molecule has 1 N–H and O–H groups in total. The van der Waals surface area contributed by atoms with Crippen molar-refractivity contribution in [3.63, 3.8) is 0 Å². The Morgan fingerprint density at radius 2 is 2.00 bits per heavy atom. The number of carboxylic acid groups (broad SMARTS) is 1. The molecule has 0 spiro atoms. The van der Waals surface area contributed by atoms with Crippen molar-refractivity contribution in [1.82, 2.24) is 4.90 Å². The fourth-order valence-corrected chi connectivity index (χ4v) is 4.38. The van der Waals surface area contributed by atoms with Gasteiger partial charge in [0.05, 0.1) is 0 Å². The predicted octanol–water partition coefficient (Wildman–Crippen LogP) is 2.30. The number of rotatable bonds is 2. The zero-order chi connectivity index (χ0) is 14.5. The van der Waals surface area contributed by atoms with Crippen LogP contribution in [-0.2, 0) is 9.59 Å². The van der Waals surface area contributed by atoms with Crippen molar-refractivity contribution < 1.29 is 14.7 Å². The van der Waals surface area contributed by atoms with E-state index in [1.165, 1.54) is 0 Å². The van der Waals surface area contributed by atoms with Crippen molar-refractivity contribution in [2.75, 3.05) is 6.54 Å². The number of amides is 1. The third-order valence-corrected chi connectivity index (χ3v) is 5.39. The van der Waals surface area contributed by atoms with Gasteiger partial charge in [-0.2, -0.15) is 0 Å². The molecule has 3 rings (SSSR count). The number of piperidine rings is 1. The van der Waals surface area contributed by atoms with Crippen molar-refractivity contribution in [2.45, 2.75) is 45.6 Å². The molecule has 2 aliphatic carbocycles. The summed E-state index contributed by atoms with van der Waals surface area (Å²) >= 11 is 0. The van der Waals surface area contributed by atoms with Gasteiger partial charge in [0.15, 0.2) is 0 Å². The summed E-state index contributed by atoms with van der Waals surface area (Å²) in [6, 6.07) is -0.674. The van der Waals surface area contributed by atoms with E-state index in [2.05, 4.69) is 12.2 Å². The summed E-state index contributed by atoms with van der Waals surface area (Å²) in [5.74, 6) is 0.103. The van der Waals surface area contributed by atoms with E-state index < -0.39 is 12.0 Å². The van der Waals surface area contributed by atoms with Crippen molar-refractivity contribution >= 4 is 11.9 Å². The molecule has 0 aromatic carbocycles. The van der Waals surface area contributed by atoms with E-state index in [9.17, 15) is 14.7 Å². The lowest BCUT2D eigenvalue weighted by atomic mass is 9.75. The van der Waals surface area contributed by atoms with Gasteiger partial charge in [0, 0.05) is 12.5 Å². The highest BCUT2D eigenvalue weighted by molar-refractivity contribution is 5.86. The summed E-state index contributed by atoms with van der Waals surface area (Å²) in [7, 11) is 0. The van der Waals surface area contributed by atoms with Crippen LogP contribution in [0.4, 0.5) is 0 Å². The lowest BCUT2D eigenvalue weighted by Crippen LogP contribution is -2.57. The smallest absolute Gasteiger partial charge is 0.326 e. The zero-order valence-electron chi connectivity index (χ0n) is 12.2. The summed E-state index contributed by atoms with van der Waals surface area (Å²) in [5.41, 5.74) is -0.340. The Hall–Kier alpha value is -1.32. The monoisotopic (exact) mass is 277 g/mol. The van der Waals surface area contributed by atoms with Gasteiger partial charge in [-0.1, -0.05) is 26.0 Å². The van der Waals surface area contributed by atoms with Crippen LogP contribution < -0.4 is 0 Å². The lowest BCUT2D eigenvalue weighted by molar-refractivity contribution is -0.161. The van der Waals surface area contributed by atoms with Gasteiger partial charge in [0.1, 0.15) is 6.04 Å². The third-order valence-electron chi connectivity index (χ3n) is 5.39. The van der Waals surface area contributed by atoms with Gasteiger partial charge in [-0.15, -0.1) is 0 Å². The predicted molar refractivity (Wildman–Crippen MR) is 75.0 cm³/mol. The molecule has 4 atom stereocenters. The lowest BCUT2D eigenvalue weighted by Gasteiger charge is -2.45. The molecule has 20 heavy (non-hydrogen) atoms. The van der Waals surface area contributed by atoms with E-state index in [1.807, 2.05) is 13.8 Å². The SMILES string of the molecule is CC1(C)CCCN(C(=O)C2CC3C=CC2C3)C1C(=O)O. The molecule has 2 fully saturated rings. The van der Waals surface area contributed by atoms with Crippen LogP contribution in [-0.4, -0.2) is 34.5 Å². The van der Waals surface area contributed by atoms with E-state index in [-0.39, 0.29) is 17.2 Å². The highest BCUT2D eigenvalue weighted by atomic mass is 16.4. The molecule has 1 aliphatic heterocycles. The summed E-state index contributed by atoms with van der Waals surface area (Å²) in [6.07, 6.45) is 8.11. The molecular weight excluding hydrogens is 254 g/mol. The van der Waals surface area contributed by atoms with Gasteiger partial charge in [0.25, 0.3) is 0 Å². The molecule has 0 aromatic heterocycles. The Balaban J connectivity index is 1.82. The Bertz CT molecular complexity index is 468. The first-order valence-corrected chi connectivity index (χ1v) is 7.62. The average molecular weight is 277 g/mol. The molecule has 0 aromatic rings. The third kappa shape index (κ3) is 2.05. The average Bonchev–Trinajstić information content (AvgIpc) is 2.98. The molecule has 1 saturated heterocycles. The van der Waals surface area contributed by atoms with Gasteiger partial charge in [-0.25, -0.2) is 4.79 Å². The van der Waals surface area contributed by atoms with Crippen LogP contribution in [0, 0.1) is 23.2 Å². The molecule has 4 nitrogen and oxygen atoms in total. The molecule has 1 amide bonds. The quantitative estimate of drug-likeness (QED) is 0.788. The van der Waals surface area contributed by atoms with E-state index in [4.69, 9.17) is 0 Å². The molecule has 110 valence electrons. The minimum atomic E-state index is -0.859. The molecule has 4 heteroatoms. The van der Waals surface area contributed by atoms with Crippen molar-refractivity contribution in [1.29, 1.82) is 0 Å². The van der Waals surface area contributed by atoms with E-state index in [0.29, 0.717) is 18.4 Å². The maximum absolute atomic E-state index is 12.8. The van der Waals surface area contributed by atoms with Gasteiger partial charge in [0.2, 0.25) is 5.91 Å². The fourth-order valence-electron chi connectivity index (χ4n) is 4.38. The van der Waals surface area contributed by atoms with Crippen molar-refractivity contribution in [3.8, 4) is 0 Å². The number of aliphatic carboxylic acids is 1. The van der Waals surface area contributed by atoms with Crippen LogP contribution in [0.3, 0.4) is 0 Å². The van der Waals surface area contributed by atoms with Gasteiger partial charge < -0.3 is 10.0 Å². The van der Waals surface area contributed by atoms with Gasteiger partial charge in [-0.3, -0.25) is 4.79 Å². The Morgan fingerprint density at radius 3 is 2.55 bits per heavy atom. The van der Waals surface area contributed by atoms with Crippen LogP contribution >= 0.6 is 0 Å². The number of nitrogens with zero attached hydrogens (tertiary/aromatic N) is 1. The van der Waals surface area contributed by atoms with Gasteiger partial charge >= 0.3 is 5.97 Å². The standard InChI is InChI=1S/C16H23NO3/c1-16(2)6-3-7-17(13(16)15(19)20)14(18)12-9-10-4-5-11(12)8-10/h4-5,10-13H,3,6-9H2,1-2H3,(H,19,20). The largest absolute Gasteiger partial charge is 0.480 e. The second kappa shape index (κ2) is 4.61. The Kier molecular flexibility index (Phi) is 3.14. The Labute approximate surface area is 119 Å². The highest BCUT2D eigenvalue weighted by Crippen LogP contribution is 2.45.